The van der Waals surface area contributed by atoms with Crippen LogP contribution in [0.15, 0.2) is 30.3 Å². The Bertz CT molecular complexity index is 388. The fourth-order valence-electron chi connectivity index (χ4n) is 0.803. The molecule has 0 bridgehead atoms. The maximum Gasteiger partial charge on any atom is 0 e. The molecule has 1 rings (SSSR count). The largest absolute Gasteiger partial charge is 0.214 e. The van der Waals surface area contributed by atoms with Crippen molar-refractivity contribution >= 4 is 14.3 Å². The van der Waals surface area contributed by atoms with E-state index in [1.807, 2.05) is 30.3 Å². The molecule has 0 fully saturated rings. The molecule has 0 aliphatic heterocycles. The summed E-state index contributed by atoms with van der Waals surface area (Å²) < 4.78 is 102. The molecule has 0 unspecified atom stereocenters. The Hall–Kier alpha value is 0.0260. The average molecular weight is 616 g/mol. The maximum absolute atomic E-state index is 11.3. The topological polar surface area (TPSA) is 60.7 Å². The summed E-state index contributed by atoms with van der Waals surface area (Å²) >= 11 is -7.10. The summed E-state index contributed by atoms with van der Waals surface area (Å²) in [7, 11) is 0. The fraction of sp³-hybridized carbons (Fsp3) is 0.706. The fourth-order valence-corrected chi connectivity index (χ4v) is 2.83. The Labute approximate surface area is 200 Å². The molecule has 1 radical (unpaired) electrons. The number of aliphatic hydroxyl groups excluding tert-OH is 3. The molecular weight excluding hydrogens is 587 g/mol. The van der Waals surface area contributed by atoms with Gasteiger partial charge in [0, 0.05) is 44.5 Å². The second-order valence-electron chi connectivity index (χ2n) is 6.11. The van der Waals surface area contributed by atoms with Crippen LogP contribution in [0, 0.1) is 0 Å². The molecule has 3 nitrogen and oxygen atoms in total. The van der Waals surface area contributed by atoms with E-state index in [4.69, 9.17) is 15.3 Å². The van der Waals surface area contributed by atoms with Crippen LogP contribution in [-0.4, -0.2) is 63.0 Å². The van der Waals surface area contributed by atoms with Crippen molar-refractivity contribution in [3.63, 3.8) is 0 Å². The molecule has 187 valence electrons. The van der Waals surface area contributed by atoms with Crippen LogP contribution in [0.3, 0.4) is 0 Å². The standard InChI is InChI=1S/C5H5.C3F9Ge.3C3H8O.Zr/c1-2-4-5-3-1;4-1(5,6)13(2(7,8)9)3(10,11)12;3*1-3(2)4;/h1-5H;;3*3-4H,1-2H3;/q-1;;;;;. The van der Waals surface area contributed by atoms with Gasteiger partial charge in [-0.15, -0.1) is 0 Å². The van der Waals surface area contributed by atoms with Crippen LogP contribution >= 0.6 is 0 Å². The summed E-state index contributed by atoms with van der Waals surface area (Å²) in [6, 6.07) is 10.0. The van der Waals surface area contributed by atoms with E-state index in [1.165, 1.54) is 0 Å². The summed E-state index contributed by atoms with van der Waals surface area (Å²) in [5.74, 6) is 0. The number of hydrogen-bond acceptors (Lipinski definition) is 3. The molecule has 0 saturated carbocycles. The SMILES string of the molecule is CC(C)O.CC(C)O.CC(C)O.F[C](F)(F)[Ge]([C](F)(F)F)[C](F)(F)F.[Zr].c1cc[cH-]c1. The summed E-state index contributed by atoms with van der Waals surface area (Å²) in [5, 5.41) is 5.57. The number of alkyl halides is 9. The smallest absolute Gasteiger partial charge is 0 e. The van der Waals surface area contributed by atoms with E-state index < -0.39 is 29.4 Å². The van der Waals surface area contributed by atoms with Gasteiger partial charge in [0.2, 0.25) is 0 Å². The molecule has 0 aliphatic rings. The first-order valence-electron chi connectivity index (χ1n) is 8.36. The third kappa shape index (κ3) is 44.5. The average Bonchev–Trinajstić information content (AvgIpc) is 2.87. The van der Waals surface area contributed by atoms with Crippen molar-refractivity contribution in [3.05, 3.63) is 30.3 Å². The molecule has 0 atom stereocenters. The predicted molar refractivity (Wildman–Crippen MR) is 98.0 cm³/mol. The second kappa shape index (κ2) is 20.6. The Morgan fingerprint density at radius 3 is 0.774 bits per heavy atom. The van der Waals surface area contributed by atoms with Crippen LogP contribution in [0.1, 0.15) is 41.5 Å². The van der Waals surface area contributed by atoms with Crippen LogP contribution < -0.4 is 0 Å². The summed E-state index contributed by atoms with van der Waals surface area (Å²) in [4.78, 5) is 0. The monoisotopic (exact) mass is 616 g/mol. The van der Waals surface area contributed by atoms with Crippen molar-refractivity contribution in [2.75, 3.05) is 0 Å². The van der Waals surface area contributed by atoms with E-state index in [2.05, 4.69) is 0 Å². The minimum atomic E-state index is -7.10. The number of aliphatic hydroxyl groups is 3. The normalized spacial score (nSPS) is 11.2. The first-order chi connectivity index (χ1) is 13.1. The molecule has 14 heteroatoms. The molecule has 0 heterocycles. The van der Waals surface area contributed by atoms with E-state index in [0.717, 1.165) is 0 Å². The maximum atomic E-state index is 11.3. The van der Waals surface area contributed by atoms with Crippen molar-refractivity contribution in [2.24, 2.45) is 0 Å². The second-order valence-corrected chi connectivity index (χ2v) is 11.3. The zero-order valence-electron chi connectivity index (χ0n) is 17.9. The van der Waals surface area contributed by atoms with E-state index in [0.29, 0.717) is 0 Å². The number of halogens is 9. The zero-order chi connectivity index (χ0) is 25.3. The predicted octanol–water partition coefficient (Wildman–Crippen LogP) is 5.35. The Kier molecular flexibility index (Phi) is 27.5. The zero-order valence-corrected chi connectivity index (χ0v) is 22.4. The van der Waals surface area contributed by atoms with Crippen LogP contribution in [0.5, 0.6) is 0 Å². The van der Waals surface area contributed by atoms with Crippen molar-refractivity contribution in [2.45, 2.75) is 74.9 Å². The van der Waals surface area contributed by atoms with Gasteiger partial charge >= 0.3 is 68.9 Å². The third-order valence-electron chi connectivity index (χ3n) is 1.41. The Morgan fingerprint density at radius 2 is 0.742 bits per heavy atom. The van der Waals surface area contributed by atoms with Gasteiger partial charge in [0.05, 0.1) is 0 Å². The van der Waals surface area contributed by atoms with Crippen LogP contribution in [0.25, 0.3) is 0 Å². The van der Waals surface area contributed by atoms with E-state index >= 15 is 0 Å². The Morgan fingerprint density at radius 1 is 0.581 bits per heavy atom. The molecule has 0 amide bonds. The van der Waals surface area contributed by atoms with E-state index in [-0.39, 0.29) is 44.5 Å². The molecule has 0 aromatic heterocycles. The van der Waals surface area contributed by atoms with Gasteiger partial charge in [0.25, 0.3) is 0 Å². The third-order valence-corrected chi connectivity index (χ3v) is 4.97. The van der Waals surface area contributed by atoms with Crippen molar-refractivity contribution < 1.29 is 81.0 Å². The summed E-state index contributed by atoms with van der Waals surface area (Å²) in [6.07, 6.45) is -0.500. The van der Waals surface area contributed by atoms with Gasteiger partial charge < -0.3 is 15.3 Å². The number of hydrogen-bond donors (Lipinski definition) is 3. The molecular formula is C17H29F9GeO3Zr-. The molecule has 31 heavy (non-hydrogen) atoms. The van der Waals surface area contributed by atoms with Crippen molar-refractivity contribution in [3.8, 4) is 0 Å². The molecule has 0 saturated heterocycles. The van der Waals surface area contributed by atoms with Gasteiger partial charge in [-0.1, -0.05) is 0 Å². The van der Waals surface area contributed by atoms with Gasteiger partial charge in [-0.25, -0.2) is 12.1 Å². The number of rotatable bonds is 0. The van der Waals surface area contributed by atoms with Crippen molar-refractivity contribution in [1.82, 2.24) is 0 Å². The minimum absolute atomic E-state index is 0. The van der Waals surface area contributed by atoms with Gasteiger partial charge in [-0.05, 0) is 41.5 Å². The Balaban J connectivity index is -0.000000103. The van der Waals surface area contributed by atoms with Crippen molar-refractivity contribution in [1.29, 1.82) is 0 Å². The summed E-state index contributed by atoms with van der Waals surface area (Å²) in [5.41, 5.74) is 0. The van der Waals surface area contributed by atoms with E-state index in [9.17, 15) is 39.5 Å². The van der Waals surface area contributed by atoms with Gasteiger partial charge in [-0.3, -0.25) is 0 Å². The molecule has 1 aromatic rings. The minimum Gasteiger partial charge on any atom is -0.214 e. The van der Waals surface area contributed by atoms with Crippen LogP contribution in [-0.2, 0) is 26.2 Å². The quantitative estimate of drug-likeness (QED) is 0.210. The first-order valence-corrected chi connectivity index (χ1v) is 11.5. The summed E-state index contributed by atoms with van der Waals surface area (Å²) in [6.45, 7) is 10.3. The molecule has 1 aromatic carbocycles. The van der Waals surface area contributed by atoms with Gasteiger partial charge in [0.1, 0.15) is 0 Å². The first kappa shape index (κ1) is 41.3. The van der Waals surface area contributed by atoms with Gasteiger partial charge in [-0.2, -0.15) is 18.2 Å². The van der Waals surface area contributed by atoms with Gasteiger partial charge in [0.15, 0.2) is 0 Å². The molecule has 0 aliphatic carbocycles. The van der Waals surface area contributed by atoms with Crippen LogP contribution in [0.2, 0.25) is 0 Å². The van der Waals surface area contributed by atoms with E-state index in [1.54, 1.807) is 41.5 Å². The molecule has 0 spiro atoms. The van der Waals surface area contributed by atoms with Crippen LogP contribution in [0.4, 0.5) is 39.5 Å². The molecule has 3 N–H and O–H groups in total.